The van der Waals surface area contributed by atoms with Crippen molar-refractivity contribution in [2.24, 2.45) is 0 Å². The lowest BCUT2D eigenvalue weighted by Gasteiger charge is -2.23. The van der Waals surface area contributed by atoms with Gasteiger partial charge in [-0.25, -0.2) is 0 Å². The molecule has 1 aliphatic rings. The number of carbonyl (C=O) groups excluding carboxylic acids is 3. The van der Waals surface area contributed by atoms with E-state index in [-0.39, 0.29) is 0 Å². The molecule has 7 heteroatoms. The number of methoxy groups -OCH3 is 1. The summed E-state index contributed by atoms with van der Waals surface area (Å²) in [6, 6.07) is 13.3. The molecule has 1 heterocycles. The molecule has 3 amide bonds. The summed E-state index contributed by atoms with van der Waals surface area (Å²) in [5.41, 5.74) is 1.79. The fraction of sp³-hybridized carbons (Fsp3) is 0.158. The minimum Gasteiger partial charge on any atom is -0.496 e. The van der Waals surface area contributed by atoms with Crippen LogP contribution in [-0.2, 0) is 4.79 Å². The largest absolute Gasteiger partial charge is 0.496 e. The van der Waals surface area contributed by atoms with Crippen molar-refractivity contribution < 1.29 is 19.1 Å². The van der Waals surface area contributed by atoms with Crippen LogP contribution in [-0.4, -0.2) is 29.4 Å². The number of ether oxygens (including phenoxy) is 1. The Hall–Kier alpha value is -2.80. The summed E-state index contributed by atoms with van der Waals surface area (Å²) in [4.78, 5) is 36.6. The molecule has 0 bridgehead atoms. The molecule has 1 saturated heterocycles. The fourth-order valence-electron chi connectivity index (χ4n) is 2.76. The van der Waals surface area contributed by atoms with E-state index in [0.29, 0.717) is 16.9 Å². The van der Waals surface area contributed by atoms with Gasteiger partial charge in [0.25, 0.3) is 11.1 Å². The van der Waals surface area contributed by atoms with E-state index in [0.717, 1.165) is 17.3 Å². The highest BCUT2D eigenvalue weighted by molar-refractivity contribution is 8.15. The van der Waals surface area contributed by atoms with Crippen molar-refractivity contribution in [2.45, 2.75) is 11.3 Å². The van der Waals surface area contributed by atoms with Crippen molar-refractivity contribution in [3.05, 3.63) is 72.1 Å². The van der Waals surface area contributed by atoms with Gasteiger partial charge in [-0.3, -0.25) is 19.7 Å². The molecular weight excluding hydrogens is 352 g/mol. The summed E-state index contributed by atoms with van der Waals surface area (Å²) in [5.74, 6) is -0.399. The van der Waals surface area contributed by atoms with Crippen molar-refractivity contribution in [3.63, 3.8) is 0 Å². The van der Waals surface area contributed by atoms with Gasteiger partial charge in [0.15, 0.2) is 0 Å². The van der Waals surface area contributed by atoms with Crippen molar-refractivity contribution >= 4 is 28.8 Å². The maximum absolute atomic E-state index is 12.8. The number of nitrogens with one attached hydrogen (secondary N) is 2. The Morgan fingerprint density at radius 1 is 1.23 bits per heavy atom. The number of para-hydroxylation sites is 1. The SMILES string of the molecule is [CH2]c1cccc(C(NC(=O)c2ccccc2OC)C2SC(=O)NC2=O)c1. The molecule has 6 nitrogen and oxygen atoms in total. The zero-order valence-electron chi connectivity index (χ0n) is 14.0. The average Bonchev–Trinajstić information content (AvgIpc) is 2.97. The van der Waals surface area contributed by atoms with E-state index in [9.17, 15) is 14.4 Å². The normalized spacial score (nSPS) is 17.5. The minimum atomic E-state index is -0.761. The van der Waals surface area contributed by atoms with E-state index in [1.807, 2.05) is 6.07 Å². The highest BCUT2D eigenvalue weighted by Gasteiger charge is 2.39. The van der Waals surface area contributed by atoms with Gasteiger partial charge in [0.2, 0.25) is 5.91 Å². The lowest BCUT2D eigenvalue weighted by atomic mass is 10.00. The third-order valence-corrected chi connectivity index (χ3v) is 5.03. The molecular formula is C19H17N2O4S. The van der Waals surface area contributed by atoms with E-state index in [1.165, 1.54) is 7.11 Å². The monoisotopic (exact) mass is 369 g/mol. The molecule has 0 aromatic heterocycles. The van der Waals surface area contributed by atoms with E-state index >= 15 is 0 Å². The molecule has 1 aliphatic heterocycles. The average molecular weight is 369 g/mol. The summed E-state index contributed by atoms with van der Waals surface area (Å²) in [7, 11) is 1.48. The number of imide groups is 1. The van der Waals surface area contributed by atoms with Crippen LogP contribution < -0.4 is 15.4 Å². The molecule has 2 aromatic rings. The van der Waals surface area contributed by atoms with Crippen molar-refractivity contribution in [1.82, 2.24) is 10.6 Å². The number of rotatable bonds is 5. The van der Waals surface area contributed by atoms with Gasteiger partial charge in [0, 0.05) is 0 Å². The summed E-state index contributed by atoms with van der Waals surface area (Å²) in [6.45, 7) is 3.88. The highest BCUT2D eigenvalue weighted by atomic mass is 32.2. The Kier molecular flexibility index (Phi) is 5.27. The number of hydrogen-bond acceptors (Lipinski definition) is 5. The fourth-order valence-corrected chi connectivity index (χ4v) is 3.68. The van der Waals surface area contributed by atoms with Gasteiger partial charge >= 0.3 is 0 Å². The number of amides is 3. The second-order valence-corrected chi connectivity index (χ2v) is 6.83. The molecule has 133 valence electrons. The molecule has 0 spiro atoms. The Morgan fingerprint density at radius 3 is 2.65 bits per heavy atom. The number of hydrogen-bond donors (Lipinski definition) is 2. The van der Waals surface area contributed by atoms with E-state index < -0.39 is 28.3 Å². The summed E-state index contributed by atoms with van der Waals surface area (Å²) < 4.78 is 5.23. The summed E-state index contributed by atoms with van der Waals surface area (Å²) in [6.07, 6.45) is 0. The summed E-state index contributed by atoms with van der Waals surface area (Å²) in [5, 5.41) is 3.94. The molecule has 26 heavy (non-hydrogen) atoms. The number of benzene rings is 2. The van der Waals surface area contributed by atoms with Crippen LogP contribution in [0.5, 0.6) is 5.75 Å². The van der Waals surface area contributed by atoms with Gasteiger partial charge in [0.1, 0.15) is 11.0 Å². The Morgan fingerprint density at radius 2 is 2.00 bits per heavy atom. The molecule has 2 N–H and O–H groups in total. The Labute approximate surface area is 155 Å². The van der Waals surface area contributed by atoms with Crippen LogP contribution in [0.15, 0.2) is 48.5 Å². The quantitative estimate of drug-likeness (QED) is 0.847. The van der Waals surface area contributed by atoms with Gasteiger partial charge in [0.05, 0.1) is 18.7 Å². The summed E-state index contributed by atoms with van der Waals surface area (Å²) >= 11 is 0.864. The number of carbonyl (C=O) groups is 3. The van der Waals surface area contributed by atoms with Gasteiger partial charge in [-0.2, -0.15) is 0 Å². The van der Waals surface area contributed by atoms with E-state index in [1.54, 1.807) is 42.5 Å². The van der Waals surface area contributed by atoms with Crippen molar-refractivity contribution in [1.29, 1.82) is 0 Å². The lowest BCUT2D eigenvalue weighted by molar-refractivity contribution is -0.119. The minimum absolute atomic E-state index is 0.348. The third-order valence-electron chi connectivity index (χ3n) is 3.97. The second kappa shape index (κ2) is 7.61. The van der Waals surface area contributed by atoms with Crippen LogP contribution in [0.4, 0.5) is 4.79 Å². The predicted molar refractivity (Wildman–Crippen MR) is 99.0 cm³/mol. The molecule has 1 fully saturated rings. The van der Waals surface area contributed by atoms with Crippen LogP contribution in [0.1, 0.15) is 27.5 Å². The van der Waals surface area contributed by atoms with Gasteiger partial charge < -0.3 is 10.1 Å². The first kappa shape index (κ1) is 18.0. The first-order valence-corrected chi connectivity index (χ1v) is 8.75. The van der Waals surface area contributed by atoms with Crippen LogP contribution in [0.2, 0.25) is 0 Å². The smallest absolute Gasteiger partial charge is 0.286 e. The number of thioether (sulfide) groups is 1. The van der Waals surface area contributed by atoms with Crippen LogP contribution in [0, 0.1) is 6.92 Å². The molecule has 0 saturated carbocycles. The standard InChI is InChI=1S/C19H17N2O4S/c1-11-6-5-7-12(10-11)15(16-18(23)21-19(24)26-16)20-17(22)13-8-3-4-9-14(13)25-2/h3-10,15-16H,1H2,2H3,(H,20,22)(H,21,23,24). The Bertz CT molecular complexity index is 868. The van der Waals surface area contributed by atoms with E-state index in [4.69, 9.17) is 4.74 Å². The topological polar surface area (TPSA) is 84.5 Å². The first-order valence-electron chi connectivity index (χ1n) is 7.87. The van der Waals surface area contributed by atoms with E-state index in [2.05, 4.69) is 17.6 Å². The predicted octanol–water partition coefficient (Wildman–Crippen LogP) is 2.70. The highest BCUT2D eigenvalue weighted by Crippen LogP contribution is 2.32. The van der Waals surface area contributed by atoms with Gasteiger partial charge in [-0.05, 0) is 41.9 Å². The molecule has 2 unspecified atom stereocenters. The zero-order chi connectivity index (χ0) is 18.7. The molecule has 2 atom stereocenters. The molecule has 1 radical (unpaired) electrons. The van der Waals surface area contributed by atoms with Crippen molar-refractivity contribution in [3.8, 4) is 5.75 Å². The molecule has 2 aromatic carbocycles. The van der Waals surface area contributed by atoms with Crippen LogP contribution in [0.25, 0.3) is 0 Å². The van der Waals surface area contributed by atoms with Crippen LogP contribution >= 0.6 is 11.8 Å². The third kappa shape index (κ3) is 3.72. The maximum atomic E-state index is 12.8. The van der Waals surface area contributed by atoms with Crippen LogP contribution in [0.3, 0.4) is 0 Å². The molecule has 0 aliphatic carbocycles. The zero-order valence-corrected chi connectivity index (χ0v) is 14.8. The molecule has 3 rings (SSSR count). The van der Waals surface area contributed by atoms with Gasteiger partial charge in [-0.1, -0.05) is 36.4 Å². The van der Waals surface area contributed by atoms with Crippen molar-refractivity contribution in [2.75, 3.05) is 7.11 Å². The lowest BCUT2D eigenvalue weighted by Crippen LogP contribution is -2.39. The first-order chi connectivity index (χ1) is 12.5. The maximum Gasteiger partial charge on any atom is 0.286 e. The Balaban J connectivity index is 1.94. The van der Waals surface area contributed by atoms with Gasteiger partial charge in [-0.15, -0.1) is 0 Å². The second-order valence-electron chi connectivity index (χ2n) is 5.71.